The first-order valence-corrected chi connectivity index (χ1v) is 25.2. The molecule has 2 aromatic carbocycles. The molecule has 0 saturated carbocycles. The third kappa shape index (κ3) is 4.03. The molecule has 2 aliphatic rings. The molecule has 4 heteroatoms. The molecule has 0 saturated heterocycles. The van der Waals surface area contributed by atoms with Gasteiger partial charge in [-0.15, -0.1) is 0 Å². The minimum atomic E-state index is -4.48. The average molecular weight is 577 g/mol. The molecule has 0 N–H and O–H groups in total. The molecule has 0 aliphatic heterocycles. The Balaban J connectivity index is 2.18. The molecule has 0 radical (unpaired) electrons. The summed E-state index contributed by atoms with van der Waals surface area (Å²) in [5.41, 5.74) is 13.8. The Morgan fingerprint density at radius 3 is 1.19 bits per heavy atom. The van der Waals surface area contributed by atoms with Crippen LogP contribution < -0.4 is 0 Å². The Labute approximate surface area is 230 Å². The van der Waals surface area contributed by atoms with Gasteiger partial charge in [0.25, 0.3) is 0 Å². The molecule has 0 nitrogen and oxygen atoms in total. The van der Waals surface area contributed by atoms with Crippen LogP contribution >= 0.6 is 18.6 Å². The quantitative estimate of drug-likeness (QED) is 0.319. The van der Waals surface area contributed by atoms with Crippen molar-refractivity contribution in [1.29, 1.82) is 0 Å². The molecular weight excluding hydrogens is 531 g/mol. The van der Waals surface area contributed by atoms with Crippen LogP contribution in [0.3, 0.4) is 0 Å². The monoisotopic (exact) mass is 575 g/mol. The molecule has 4 rings (SSSR count). The normalized spacial score (nSPS) is 21.1. The standard InChI is InChI=1S/2C15H19.C2H7Si.2ClH.Ti/c2*1-10-6-7-11(2)14-9-12(8-13(10)14)15(3,4)5;1-3-2;;;/h2*6-9H,1-5H3;3H,1-2H3;2*1H;/q;;;;;+2/p-2. The van der Waals surface area contributed by atoms with Gasteiger partial charge in [0.2, 0.25) is 0 Å². The molecule has 0 bridgehead atoms. The third-order valence-corrected chi connectivity index (χ3v) is 44.2. The van der Waals surface area contributed by atoms with E-state index in [0.717, 1.165) is 0 Å². The molecule has 0 spiro atoms. The van der Waals surface area contributed by atoms with Crippen molar-refractivity contribution < 1.29 is 12.4 Å². The molecule has 2 unspecified atom stereocenters. The molecule has 0 fully saturated rings. The molecule has 0 aromatic heterocycles. The second kappa shape index (κ2) is 8.72. The fraction of sp³-hybridized carbons (Fsp3) is 0.500. The van der Waals surface area contributed by atoms with E-state index in [1.54, 1.807) is 0 Å². The Bertz CT molecular complexity index is 1220. The Morgan fingerprint density at radius 2 is 0.917 bits per heavy atom. The molecule has 2 atom stereocenters. The zero-order valence-corrected chi connectivity index (χ0v) is 28.7. The van der Waals surface area contributed by atoms with Gasteiger partial charge >= 0.3 is 231 Å². The van der Waals surface area contributed by atoms with Crippen molar-refractivity contribution in [3.05, 3.63) is 79.9 Å². The topological polar surface area (TPSA) is 0 Å². The number of fused-ring (bicyclic) bond motifs is 2. The number of rotatable bonds is 3. The van der Waals surface area contributed by atoms with Crippen LogP contribution in [0.1, 0.15) is 94.5 Å². The van der Waals surface area contributed by atoms with Gasteiger partial charge in [0, 0.05) is 0 Å². The van der Waals surface area contributed by atoms with E-state index in [0.29, 0.717) is 0 Å². The number of allylic oxidation sites excluding steroid dienone is 2. The van der Waals surface area contributed by atoms with Crippen molar-refractivity contribution in [2.24, 2.45) is 10.8 Å². The fourth-order valence-electron chi connectivity index (χ4n) is 6.93. The summed E-state index contributed by atoms with van der Waals surface area (Å²) in [7, 11) is 17.2. The van der Waals surface area contributed by atoms with Gasteiger partial charge in [-0.25, -0.2) is 0 Å². The molecular formula is C32H45Cl2SiTi. The maximum absolute atomic E-state index is 8.58. The summed E-state index contributed by atoms with van der Waals surface area (Å²) in [4.78, 5) is 0. The van der Waals surface area contributed by atoms with Crippen molar-refractivity contribution in [2.45, 2.75) is 90.8 Å². The van der Waals surface area contributed by atoms with Crippen molar-refractivity contribution in [2.75, 3.05) is 0 Å². The zero-order valence-electron chi connectivity index (χ0n) is 24.5. The van der Waals surface area contributed by atoms with Gasteiger partial charge in [-0.1, -0.05) is 0 Å². The van der Waals surface area contributed by atoms with Crippen LogP contribution in [0.15, 0.2) is 35.4 Å². The van der Waals surface area contributed by atoms with Crippen molar-refractivity contribution >= 4 is 37.4 Å². The van der Waals surface area contributed by atoms with Gasteiger partial charge in [0.05, 0.1) is 0 Å². The number of halogens is 2. The first-order valence-electron chi connectivity index (χ1n) is 13.5. The summed E-state index contributed by atoms with van der Waals surface area (Å²) in [5, 5.41) is 0. The summed E-state index contributed by atoms with van der Waals surface area (Å²) in [6.07, 6.45) is 4.96. The Hall–Kier alpha value is -0.569. The molecule has 195 valence electrons. The first kappa shape index (κ1) is 28.4. The van der Waals surface area contributed by atoms with E-state index >= 15 is 0 Å². The van der Waals surface area contributed by atoms with Crippen LogP contribution in [0.4, 0.5) is 0 Å². The van der Waals surface area contributed by atoms with Gasteiger partial charge in [-0.3, -0.25) is 0 Å². The number of hydrogen-bond donors (Lipinski definition) is 0. The van der Waals surface area contributed by atoms with Crippen molar-refractivity contribution in [1.82, 2.24) is 0 Å². The molecule has 2 aliphatic carbocycles. The van der Waals surface area contributed by atoms with Crippen LogP contribution in [0, 0.1) is 38.5 Å². The maximum atomic E-state index is 8.58. The van der Waals surface area contributed by atoms with Crippen LogP contribution in [-0.2, 0) is 12.4 Å². The second-order valence-corrected chi connectivity index (χ2v) is 43.3. The Kier molecular flexibility index (Phi) is 6.89. The third-order valence-electron chi connectivity index (χ3n) is 9.18. The van der Waals surface area contributed by atoms with Gasteiger partial charge in [0.1, 0.15) is 0 Å². The van der Waals surface area contributed by atoms with Gasteiger partial charge in [-0.2, -0.15) is 0 Å². The molecule has 2 aromatic rings. The van der Waals surface area contributed by atoms with E-state index in [1.807, 2.05) is 0 Å². The Morgan fingerprint density at radius 1 is 0.611 bits per heavy atom. The van der Waals surface area contributed by atoms with Crippen molar-refractivity contribution in [3.8, 4) is 0 Å². The van der Waals surface area contributed by atoms with E-state index < -0.39 is 19.1 Å². The van der Waals surface area contributed by atoms with Crippen LogP contribution in [-0.4, -0.2) is 6.66 Å². The van der Waals surface area contributed by atoms with Gasteiger partial charge < -0.3 is 0 Å². The first-order chi connectivity index (χ1) is 16.3. The van der Waals surface area contributed by atoms with Crippen LogP contribution in [0.2, 0.25) is 13.1 Å². The molecule has 36 heavy (non-hydrogen) atoms. The summed E-state index contributed by atoms with van der Waals surface area (Å²) in [6.45, 7) is 26.4. The second-order valence-electron chi connectivity index (χ2n) is 14.0. The zero-order chi connectivity index (χ0) is 27.2. The van der Waals surface area contributed by atoms with Crippen molar-refractivity contribution in [3.63, 3.8) is 0 Å². The van der Waals surface area contributed by atoms with Gasteiger partial charge in [-0.05, 0) is 0 Å². The fourth-order valence-corrected chi connectivity index (χ4v) is 28.0. The summed E-state index contributed by atoms with van der Waals surface area (Å²) in [6, 6.07) is 9.12. The minimum absolute atomic E-state index is 0.0190. The average Bonchev–Trinajstić information content (AvgIpc) is 3.36. The molecule has 0 heterocycles. The van der Waals surface area contributed by atoms with E-state index in [9.17, 15) is 0 Å². The molecule has 0 amide bonds. The predicted octanol–water partition coefficient (Wildman–Crippen LogP) is 10.6. The summed E-state index contributed by atoms with van der Waals surface area (Å²) in [5.74, 6) is 0. The number of hydrogen-bond acceptors (Lipinski definition) is 0. The number of aryl methyl sites for hydroxylation is 4. The van der Waals surface area contributed by atoms with E-state index in [1.165, 1.54) is 55.7 Å². The summed E-state index contributed by atoms with van der Waals surface area (Å²) >= 11 is -4.48. The van der Waals surface area contributed by atoms with E-state index in [-0.39, 0.29) is 19.3 Å². The predicted molar refractivity (Wildman–Crippen MR) is 163 cm³/mol. The summed E-state index contributed by atoms with van der Waals surface area (Å²) < 4.78 is 0.238. The number of benzene rings is 2. The van der Waals surface area contributed by atoms with E-state index in [2.05, 4.69) is 119 Å². The van der Waals surface area contributed by atoms with Crippen LogP contribution in [0.5, 0.6) is 0 Å². The van der Waals surface area contributed by atoms with Gasteiger partial charge in [0.15, 0.2) is 0 Å². The van der Waals surface area contributed by atoms with E-state index in [4.69, 9.17) is 18.6 Å². The van der Waals surface area contributed by atoms with Crippen LogP contribution in [0.25, 0.3) is 12.2 Å². The SMILES string of the molecule is Cc1ccc(C)c2c1C=C(C(C)(C)C)[CH]2[Ti]([Cl])([Cl])([CH]1C(C(C)(C)C)=Cc2c(C)ccc(C)c21)[SiH](C)C.